The van der Waals surface area contributed by atoms with E-state index in [-0.39, 0.29) is 17.0 Å². The summed E-state index contributed by atoms with van der Waals surface area (Å²) >= 11 is 0.500. The molecule has 1 heterocycles. The third kappa shape index (κ3) is 2.33. The molecule has 1 aromatic carbocycles. The van der Waals surface area contributed by atoms with Gasteiger partial charge in [0.2, 0.25) is 0 Å². The average Bonchev–Trinajstić information content (AvgIpc) is 2.32. The van der Waals surface area contributed by atoms with E-state index in [2.05, 4.69) is 4.98 Å². The van der Waals surface area contributed by atoms with Crippen LogP contribution in [-0.4, -0.2) is 38.0 Å². The Hall–Kier alpha value is -1.55. The van der Waals surface area contributed by atoms with E-state index >= 15 is 0 Å². The van der Waals surface area contributed by atoms with Crippen molar-refractivity contribution in [3.05, 3.63) is 40.6 Å². The molecule has 0 saturated carbocycles. The van der Waals surface area contributed by atoms with Gasteiger partial charge in [0, 0.05) is 12.3 Å². The van der Waals surface area contributed by atoms with Gasteiger partial charge in [-0.05, 0) is 18.2 Å². The summed E-state index contributed by atoms with van der Waals surface area (Å²) < 4.78 is 8.30. The standard InChI is InChI=1S/C9H6N2O3.O.Sb/c12-8-4-3-7(11(13)14)6-2-1-5-10-9(6)8;;/h1-5,12H;;. The maximum atomic E-state index is 10.6. The topological polar surface area (TPSA) is 93.3 Å². The van der Waals surface area contributed by atoms with Gasteiger partial charge in [-0.25, -0.2) is 0 Å². The van der Waals surface area contributed by atoms with E-state index in [4.69, 9.17) is 3.02 Å². The zero-order chi connectivity index (χ0) is 12.1. The van der Waals surface area contributed by atoms with Crippen molar-refractivity contribution in [3.8, 4) is 5.75 Å². The second-order valence-electron chi connectivity index (χ2n) is 2.76. The predicted molar refractivity (Wildman–Crippen MR) is 56.5 cm³/mol. The fourth-order valence-corrected chi connectivity index (χ4v) is 1.30. The van der Waals surface area contributed by atoms with Crippen LogP contribution in [0, 0.1) is 10.1 Å². The summed E-state index contributed by atoms with van der Waals surface area (Å²) in [5.41, 5.74) is 0.201. The molecule has 1 radical (unpaired) electrons. The van der Waals surface area contributed by atoms with Crippen LogP contribution in [0.2, 0.25) is 0 Å². The van der Waals surface area contributed by atoms with Crippen molar-refractivity contribution in [2.75, 3.05) is 0 Å². The number of nitro groups is 1. The van der Waals surface area contributed by atoms with Crippen molar-refractivity contribution < 1.29 is 13.0 Å². The van der Waals surface area contributed by atoms with Crippen molar-refractivity contribution >= 4 is 39.6 Å². The zero-order valence-corrected chi connectivity index (χ0v) is 10.5. The number of phenolic OH excluding ortho intramolecular Hbond substituents is 1. The summed E-state index contributed by atoms with van der Waals surface area (Å²) in [7, 11) is 0. The fourth-order valence-electron chi connectivity index (χ4n) is 1.30. The van der Waals surface area contributed by atoms with Crippen molar-refractivity contribution in [1.29, 1.82) is 0 Å². The van der Waals surface area contributed by atoms with Crippen LogP contribution in [0.4, 0.5) is 5.69 Å². The minimum atomic E-state index is -0.497. The maximum absolute atomic E-state index is 10.6. The number of non-ortho nitro benzene ring substituents is 1. The molecular formula is C9H6N2O4Sb. The molecule has 0 fully saturated rings. The quantitative estimate of drug-likeness (QED) is 0.485. The van der Waals surface area contributed by atoms with Crippen LogP contribution in [-0.2, 0) is 3.02 Å². The number of pyridine rings is 1. The summed E-state index contributed by atoms with van der Waals surface area (Å²) in [6.07, 6.45) is 1.48. The monoisotopic (exact) mass is 327 g/mol. The summed E-state index contributed by atoms with van der Waals surface area (Å²) in [4.78, 5) is 14.0. The number of aromatic nitrogens is 1. The number of hydrogen-bond donors (Lipinski definition) is 1. The second kappa shape index (κ2) is 5.51. The molecule has 0 saturated heterocycles. The van der Waals surface area contributed by atoms with Crippen molar-refractivity contribution in [2.45, 2.75) is 0 Å². The average molecular weight is 328 g/mol. The van der Waals surface area contributed by atoms with Crippen LogP contribution in [0.5, 0.6) is 5.75 Å². The van der Waals surface area contributed by atoms with Crippen molar-refractivity contribution in [2.24, 2.45) is 0 Å². The molecule has 0 bridgehead atoms. The van der Waals surface area contributed by atoms with E-state index in [1.807, 2.05) is 0 Å². The molecule has 7 heteroatoms. The van der Waals surface area contributed by atoms with Gasteiger partial charge in [0.25, 0.3) is 5.69 Å². The molecule has 81 valence electrons. The molecule has 1 N–H and O–H groups in total. The Morgan fingerprint density at radius 3 is 2.62 bits per heavy atom. The summed E-state index contributed by atoms with van der Waals surface area (Å²) in [5.74, 6) is -0.0498. The van der Waals surface area contributed by atoms with Crippen molar-refractivity contribution in [1.82, 2.24) is 4.98 Å². The molecule has 0 amide bonds. The molecule has 2 rings (SSSR count). The van der Waals surface area contributed by atoms with E-state index < -0.39 is 4.92 Å². The number of hydrogen-bond acceptors (Lipinski definition) is 5. The zero-order valence-electron chi connectivity index (χ0n) is 7.90. The molecule has 0 atom stereocenters. The Morgan fingerprint density at radius 2 is 2.00 bits per heavy atom. The molecule has 16 heavy (non-hydrogen) atoms. The first-order valence-corrected chi connectivity index (χ1v) is 5.13. The van der Waals surface area contributed by atoms with Gasteiger partial charge in [0.15, 0.2) is 0 Å². The Morgan fingerprint density at radius 1 is 1.31 bits per heavy atom. The van der Waals surface area contributed by atoms with Gasteiger partial charge in [0.05, 0.1) is 10.3 Å². The normalized spacial score (nSPS) is 9.25. The first kappa shape index (κ1) is 12.5. The van der Waals surface area contributed by atoms with Crippen LogP contribution in [0.15, 0.2) is 30.5 Å². The van der Waals surface area contributed by atoms with Crippen LogP contribution >= 0.6 is 0 Å². The van der Waals surface area contributed by atoms with E-state index in [0.717, 1.165) is 0 Å². The molecule has 0 aliphatic rings. The van der Waals surface area contributed by atoms with Gasteiger partial charge < -0.3 is 5.11 Å². The van der Waals surface area contributed by atoms with Crippen LogP contribution in [0.25, 0.3) is 10.9 Å². The number of phenols is 1. The van der Waals surface area contributed by atoms with Crippen LogP contribution in [0.3, 0.4) is 0 Å². The van der Waals surface area contributed by atoms with Gasteiger partial charge in [0.1, 0.15) is 11.3 Å². The van der Waals surface area contributed by atoms with E-state index in [1.54, 1.807) is 12.1 Å². The third-order valence-corrected chi connectivity index (χ3v) is 1.92. The summed E-state index contributed by atoms with van der Waals surface area (Å²) in [6, 6.07) is 5.68. The number of rotatable bonds is 1. The van der Waals surface area contributed by atoms with E-state index in [9.17, 15) is 15.2 Å². The second-order valence-corrected chi connectivity index (χ2v) is 2.76. The van der Waals surface area contributed by atoms with Gasteiger partial charge >= 0.3 is 26.0 Å². The first-order chi connectivity index (χ1) is 7.70. The molecule has 0 unspecified atom stereocenters. The summed E-state index contributed by atoms with van der Waals surface area (Å²) in [5, 5.41) is 20.4. The summed E-state index contributed by atoms with van der Waals surface area (Å²) in [6.45, 7) is 0. The number of benzene rings is 1. The Kier molecular flexibility index (Phi) is 4.31. The molecular weight excluding hydrogens is 322 g/mol. The van der Waals surface area contributed by atoms with Crippen LogP contribution < -0.4 is 0 Å². The minimum absolute atomic E-state index is 0.0498. The SMILES string of the molecule is O=[N+]([O-])c1ccc(O)c2ncccc12.[O]=[Sb]. The Labute approximate surface area is 104 Å². The Bertz CT molecular complexity index is 532. The van der Waals surface area contributed by atoms with Crippen molar-refractivity contribution in [3.63, 3.8) is 0 Å². The number of nitro benzene ring substituents is 1. The van der Waals surface area contributed by atoms with Gasteiger partial charge in [-0.1, -0.05) is 0 Å². The molecule has 1 aromatic heterocycles. The number of aromatic hydroxyl groups is 1. The van der Waals surface area contributed by atoms with E-state index in [1.165, 1.54) is 18.3 Å². The molecule has 0 spiro atoms. The predicted octanol–water partition coefficient (Wildman–Crippen LogP) is 1.35. The Balaban J connectivity index is 0.000000606. The van der Waals surface area contributed by atoms with Gasteiger partial charge in [-0.3, -0.25) is 15.1 Å². The first-order valence-electron chi connectivity index (χ1n) is 4.09. The number of nitrogens with zero attached hydrogens (tertiary/aromatic N) is 2. The van der Waals surface area contributed by atoms with Gasteiger partial charge in [-0.15, -0.1) is 0 Å². The van der Waals surface area contributed by atoms with E-state index in [0.29, 0.717) is 28.4 Å². The van der Waals surface area contributed by atoms with Crippen LogP contribution in [0.1, 0.15) is 0 Å². The molecule has 2 aromatic rings. The molecule has 0 aliphatic heterocycles. The third-order valence-electron chi connectivity index (χ3n) is 1.92. The van der Waals surface area contributed by atoms with Gasteiger partial charge in [-0.2, -0.15) is 0 Å². The fraction of sp³-hybridized carbons (Fsp3) is 0. The number of fused-ring (bicyclic) bond motifs is 1. The molecule has 6 nitrogen and oxygen atoms in total. The molecule has 0 aliphatic carbocycles.